The molecule has 0 aliphatic heterocycles. The van der Waals surface area contributed by atoms with Crippen molar-refractivity contribution in [1.82, 2.24) is 14.9 Å². The highest BCUT2D eigenvalue weighted by atomic mass is 16.3. The van der Waals surface area contributed by atoms with Crippen LogP contribution in [0.2, 0.25) is 0 Å². The molecule has 0 aliphatic rings. The van der Waals surface area contributed by atoms with Crippen LogP contribution >= 0.6 is 0 Å². The molecule has 0 aliphatic carbocycles. The van der Waals surface area contributed by atoms with Crippen molar-refractivity contribution < 1.29 is 9.90 Å². The summed E-state index contributed by atoms with van der Waals surface area (Å²) in [7, 11) is 1.65. The van der Waals surface area contributed by atoms with Crippen LogP contribution in [0.3, 0.4) is 0 Å². The third-order valence-corrected chi connectivity index (χ3v) is 2.68. The van der Waals surface area contributed by atoms with Crippen molar-refractivity contribution in [2.45, 2.75) is 13.5 Å². The van der Waals surface area contributed by atoms with Crippen LogP contribution in [0.1, 0.15) is 21.9 Å². The van der Waals surface area contributed by atoms with Gasteiger partial charge in [-0.15, -0.1) is 0 Å². The normalized spacial score (nSPS) is 10.2. The lowest BCUT2D eigenvalue weighted by Gasteiger charge is -2.16. The van der Waals surface area contributed by atoms with Crippen molar-refractivity contribution in [2.24, 2.45) is 0 Å². The van der Waals surface area contributed by atoms with Gasteiger partial charge in [-0.3, -0.25) is 9.78 Å². The Morgan fingerprint density at radius 2 is 2.11 bits per heavy atom. The summed E-state index contributed by atoms with van der Waals surface area (Å²) in [5.41, 5.74) is 1.75. The molecule has 5 nitrogen and oxygen atoms in total. The van der Waals surface area contributed by atoms with Crippen LogP contribution in [-0.2, 0) is 6.54 Å². The first-order valence-corrected chi connectivity index (χ1v) is 5.90. The van der Waals surface area contributed by atoms with Gasteiger partial charge in [0.2, 0.25) is 0 Å². The summed E-state index contributed by atoms with van der Waals surface area (Å²) >= 11 is 0. The Morgan fingerprint density at radius 3 is 2.79 bits per heavy atom. The van der Waals surface area contributed by atoms with Gasteiger partial charge in [0, 0.05) is 18.9 Å². The number of aryl methyl sites for hydroxylation is 1. The molecule has 2 aromatic heterocycles. The van der Waals surface area contributed by atoms with E-state index in [0.717, 1.165) is 11.4 Å². The summed E-state index contributed by atoms with van der Waals surface area (Å²) in [6.45, 7) is 2.27. The van der Waals surface area contributed by atoms with Crippen molar-refractivity contribution in [2.75, 3.05) is 7.05 Å². The molecule has 0 fully saturated rings. The molecular weight excluding hydrogens is 242 g/mol. The average molecular weight is 257 g/mol. The monoisotopic (exact) mass is 257 g/mol. The Bertz CT molecular complexity index is 599. The number of carbonyl (C=O) groups excluding carboxylic acids is 1. The highest BCUT2D eigenvalue weighted by Gasteiger charge is 2.17. The maximum atomic E-state index is 12.1. The van der Waals surface area contributed by atoms with Crippen LogP contribution in [0.4, 0.5) is 0 Å². The highest BCUT2D eigenvalue weighted by molar-refractivity contribution is 5.94. The Hall–Kier alpha value is -2.43. The van der Waals surface area contributed by atoms with E-state index in [1.165, 1.54) is 17.2 Å². The molecule has 1 amide bonds. The first kappa shape index (κ1) is 13.0. The van der Waals surface area contributed by atoms with Gasteiger partial charge >= 0.3 is 0 Å². The fraction of sp³-hybridized carbons (Fsp3) is 0.214. The quantitative estimate of drug-likeness (QED) is 0.910. The summed E-state index contributed by atoms with van der Waals surface area (Å²) in [6.07, 6.45) is 1.48. The van der Waals surface area contributed by atoms with E-state index in [0.29, 0.717) is 6.54 Å². The number of aromatic hydroxyl groups is 1. The number of amides is 1. The van der Waals surface area contributed by atoms with Crippen LogP contribution < -0.4 is 0 Å². The molecule has 0 saturated carbocycles. The molecule has 5 heteroatoms. The zero-order chi connectivity index (χ0) is 13.8. The first-order chi connectivity index (χ1) is 9.08. The number of nitrogens with zero attached hydrogens (tertiary/aromatic N) is 3. The Labute approximate surface area is 111 Å². The van der Waals surface area contributed by atoms with Gasteiger partial charge in [0.05, 0.1) is 12.2 Å². The molecule has 2 heterocycles. The fourth-order valence-corrected chi connectivity index (χ4v) is 1.74. The van der Waals surface area contributed by atoms with Crippen LogP contribution in [0.15, 0.2) is 36.5 Å². The third kappa shape index (κ3) is 3.07. The van der Waals surface area contributed by atoms with E-state index in [1.807, 2.05) is 25.1 Å². The molecule has 98 valence electrons. The minimum absolute atomic E-state index is 0.0534. The maximum Gasteiger partial charge on any atom is 0.276 e. The van der Waals surface area contributed by atoms with E-state index in [1.54, 1.807) is 13.1 Å². The Morgan fingerprint density at radius 1 is 1.32 bits per heavy atom. The molecular formula is C14H15N3O2. The molecule has 0 spiro atoms. The number of carbonyl (C=O) groups is 1. The number of aromatic nitrogens is 2. The van der Waals surface area contributed by atoms with Gasteiger partial charge in [-0.1, -0.05) is 6.07 Å². The van der Waals surface area contributed by atoms with Gasteiger partial charge < -0.3 is 10.0 Å². The van der Waals surface area contributed by atoms with E-state index in [2.05, 4.69) is 9.97 Å². The van der Waals surface area contributed by atoms with Gasteiger partial charge in [-0.05, 0) is 31.2 Å². The van der Waals surface area contributed by atoms with Crippen molar-refractivity contribution >= 4 is 5.91 Å². The molecule has 2 rings (SSSR count). The largest absolute Gasteiger partial charge is 0.505 e. The number of hydrogen-bond donors (Lipinski definition) is 1. The summed E-state index contributed by atoms with van der Waals surface area (Å²) in [6, 6.07) is 8.67. The zero-order valence-corrected chi connectivity index (χ0v) is 10.9. The van der Waals surface area contributed by atoms with Crippen molar-refractivity contribution in [3.63, 3.8) is 0 Å². The Kier molecular flexibility index (Phi) is 3.75. The molecule has 0 bridgehead atoms. The predicted octanol–water partition coefficient (Wildman–Crippen LogP) is 1.76. The molecule has 19 heavy (non-hydrogen) atoms. The minimum atomic E-state index is -0.332. The standard InChI is InChI=1S/C14H15N3O2/c1-10-5-3-6-11(16-10)9-17(2)14(19)13-12(18)7-4-8-15-13/h3-8,18H,9H2,1-2H3. The number of rotatable bonds is 3. The molecule has 2 aromatic rings. The molecule has 0 atom stereocenters. The van der Waals surface area contributed by atoms with E-state index < -0.39 is 0 Å². The van der Waals surface area contributed by atoms with Crippen molar-refractivity contribution in [1.29, 1.82) is 0 Å². The molecule has 0 saturated heterocycles. The third-order valence-electron chi connectivity index (χ3n) is 2.68. The van der Waals surface area contributed by atoms with E-state index >= 15 is 0 Å². The van der Waals surface area contributed by atoms with E-state index in [4.69, 9.17) is 0 Å². The molecule has 0 aromatic carbocycles. The van der Waals surface area contributed by atoms with E-state index in [9.17, 15) is 9.90 Å². The van der Waals surface area contributed by atoms with Crippen molar-refractivity contribution in [3.05, 3.63) is 53.6 Å². The molecule has 0 radical (unpaired) electrons. The number of pyridine rings is 2. The number of hydrogen-bond acceptors (Lipinski definition) is 4. The molecule has 1 N–H and O–H groups in total. The lowest BCUT2D eigenvalue weighted by molar-refractivity contribution is 0.0774. The van der Waals surface area contributed by atoms with Crippen LogP contribution in [0.5, 0.6) is 5.75 Å². The van der Waals surface area contributed by atoms with Gasteiger partial charge in [0.25, 0.3) is 5.91 Å². The van der Waals surface area contributed by atoms with Crippen molar-refractivity contribution in [3.8, 4) is 5.75 Å². The van der Waals surface area contributed by atoms with Gasteiger partial charge in [0.15, 0.2) is 5.69 Å². The minimum Gasteiger partial charge on any atom is -0.505 e. The fourth-order valence-electron chi connectivity index (χ4n) is 1.74. The second-order valence-corrected chi connectivity index (χ2v) is 4.30. The van der Waals surface area contributed by atoms with Gasteiger partial charge in [0.1, 0.15) is 5.75 Å². The second-order valence-electron chi connectivity index (χ2n) is 4.30. The molecule has 0 unspecified atom stereocenters. The first-order valence-electron chi connectivity index (χ1n) is 5.90. The van der Waals surface area contributed by atoms with E-state index in [-0.39, 0.29) is 17.4 Å². The highest BCUT2D eigenvalue weighted by Crippen LogP contribution is 2.15. The van der Waals surface area contributed by atoms with Crippen LogP contribution in [-0.4, -0.2) is 32.9 Å². The van der Waals surface area contributed by atoms with Crippen LogP contribution in [0.25, 0.3) is 0 Å². The van der Waals surface area contributed by atoms with Gasteiger partial charge in [-0.25, -0.2) is 4.98 Å². The zero-order valence-electron chi connectivity index (χ0n) is 10.9. The second kappa shape index (κ2) is 5.48. The average Bonchev–Trinajstić information content (AvgIpc) is 2.38. The lowest BCUT2D eigenvalue weighted by Crippen LogP contribution is -2.27. The summed E-state index contributed by atoms with van der Waals surface area (Å²) in [4.78, 5) is 21.8. The SMILES string of the molecule is Cc1cccc(CN(C)C(=O)c2ncccc2O)n1. The lowest BCUT2D eigenvalue weighted by atomic mass is 10.2. The Balaban J connectivity index is 2.14. The maximum absolute atomic E-state index is 12.1. The van der Waals surface area contributed by atoms with Gasteiger partial charge in [-0.2, -0.15) is 0 Å². The van der Waals surface area contributed by atoms with Crippen LogP contribution in [0, 0.1) is 6.92 Å². The summed E-state index contributed by atoms with van der Waals surface area (Å²) in [5, 5.41) is 9.61. The topological polar surface area (TPSA) is 66.3 Å². The predicted molar refractivity (Wildman–Crippen MR) is 70.7 cm³/mol. The smallest absolute Gasteiger partial charge is 0.276 e. The summed E-state index contributed by atoms with van der Waals surface area (Å²) in [5.74, 6) is -0.446. The summed E-state index contributed by atoms with van der Waals surface area (Å²) < 4.78 is 0.